The zero-order chi connectivity index (χ0) is 0. The van der Waals surface area contributed by atoms with Gasteiger partial charge in [-0.3, -0.25) is 0 Å². The fraction of sp³-hybridized carbons (Fsp3) is 0. The van der Waals surface area contributed by atoms with Crippen molar-refractivity contribution in [1.29, 1.82) is 0 Å². The monoisotopic (exact) mass is 107 g/mol. The Bertz CT molecular complexity index is 8.00. The Morgan fingerprint density at radius 1 is 1.00 bits per heavy atom. The van der Waals surface area contributed by atoms with Crippen molar-refractivity contribution in [3.8, 4) is 0 Å². The first-order valence-electron chi connectivity index (χ1n) is 0. The van der Waals surface area contributed by atoms with E-state index in [2.05, 4.69) is 0 Å². The minimum Gasteiger partial charge on any atom is -2.00 e. The zero-order valence-corrected chi connectivity index (χ0v) is 7.18. The van der Waals surface area contributed by atoms with Gasteiger partial charge < -0.3 is 5.48 Å². The molecule has 0 atom stereocenters. The predicted molar refractivity (Wildman–Crippen MR) is 17.9 cm³/mol. The molecule has 0 heterocycles. The summed E-state index contributed by atoms with van der Waals surface area (Å²) >= 11 is 0. The molecule has 0 aromatic heterocycles. The second-order valence-corrected chi connectivity index (χ2v) is 0. The third-order valence-corrected chi connectivity index (χ3v) is 0. The molecule has 0 radical (unpaired) electrons. The molecule has 0 saturated carbocycles. The van der Waals surface area contributed by atoms with Gasteiger partial charge in [-0.1, -0.05) is 0 Å². The van der Waals surface area contributed by atoms with Crippen molar-refractivity contribution in [2.75, 3.05) is 0 Å². The van der Waals surface area contributed by atoms with Gasteiger partial charge in [0.15, 0.2) is 0 Å². The molecule has 0 aromatic rings. The summed E-state index contributed by atoms with van der Waals surface area (Å²) in [5.41, 5.74) is 0. The van der Waals surface area contributed by atoms with Crippen molar-refractivity contribution in [3.05, 3.63) is 0 Å². The number of hydrogen-bond acceptors (Lipinski definition) is 0. The molecule has 0 bridgehead atoms. The quantitative estimate of drug-likeness (QED) is 0.346. The van der Waals surface area contributed by atoms with E-state index >= 15 is 0 Å². The Morgan fingerprint density at radius 3 is 1.00 bits per heavy atom. The van der Waals surface area contributed by atoms with Crippen LogP contribution in [0.15, 0.2) is 0 Å². The molecule has 0 unspecified atom stereocenters. The SMILES string of the molecule is [Al+3].[Ca+2].[Mg+2].[O-2]. The van der Waals surface area contributed by atoms with E-state index in [1.807, 2.05) is 0 Å². The van der Waals surface area contributed by atoms with Crippen LogP contribution in [0.3, 0.4) is 0 Å². The van der Waals surface area contributed by atoms with Crippen molar-refractivity contribution < 1.29 is 5.48 Å². The van der Waals surface area contributed by atoms with Gasteiger partial charge in [-0.05, 0) is 0 Å². The van der Waals surface area contributed by atoms with E-state index in [4.69, 9.17) is 0 Å². The first kappa shape index (κ1) is 31.3. The fourth-order valence-corrected chi connectivity index (χ4v) is 0. The first-order valence-corrected chi connectivity index (χ1v) is 0. The number of rotatable bonds is 0. The third-order valence-electron chi connectivity index (χ3n) is 0. The molecule has 0 aromatic carbocycles. The normalized spacial score (nSPS) is 0. The summed E-state index contributed by atoms with van der Waals surface area (Å²) < 4.78 is 0. The maximum Gasteiger partial charge on any atom is 3.00 e. The molecule has 0 saturated heterocycles. The molecule has 0 N–H and O–H groups in total. The van der Waals surface area contributed by atoms with E-state index < -0.39 is 0 Å². The number of hydrogen-bond donors (Lipinski definition) is 0. The van der Waals surface area contributed by atoms with Crippen LogP contribution < -0.4 is 0 Å². The van der Waals surface area contributed by atoms with Crippen LogP contribution >= 0.6 is 0 Å². The van der Waals surface area contributed by atoms with Gasteiger partial charge in [-0.25, -0.2) is 0 Å². The summed E-state index contributed by atoms with van der Waals surface area (Å²) in [7, 11) is 0. The van der Waals surface area contributed by atoms with Gasteiger partial charge in [0.1, 0.15) is 0 Å². The van der Waals surface area contributed by atoms with Crippen molar-refractivity contribution in [2.24, 2.45) is 0 Å². The van der Waals surface area contributed by atoms with Crippen LogP contribution in [0.1, 0.15) is 0 Å². The van der Waals surface area contributed by atoms with Crippen LogP contribution in [0.4, 0.5) is 0 Å². The Labute approximate surface area is 82.1 Å². The van der Waals surface area contributed by atoms with Crippen LogP contribution in [0, 0.1) is 0 Å². The van der Waals surface area contributed by atoms with Gasteiger partial charge in [-0.2, -0.15) is 0 Å². The molecule has 8 valence electrons. The van der Waals surface area contributed by atoms with E-state index in [0.29, 0.717) is 0 Å². The summed E-state index contributed by atoms with van der Waals surface area (Å²) in [6, 6.07) is 0. The molecule has 0 spiro atoms. The molecule has 0 rings (SSSR count). The Balaban J connectivity index is 0. The largest absolute Gasteiger partial charge is 3.00 e. The Morgan fingerprint density at radius 2 is 1.00 bits per heavy atom. The first-order chi connectivity index (χ1) is 0. The van der Waals surface area contributed by atoms with Gasteiger partial charge in [-0.15, -0.1) is 0 Å². The van der Waals surface area contributed by atoms with E-state index in [1.165, 1.54) is 0 Å². The molecule has 0 fully saturated rings. The molecule has 0 aliphatic rings. The maximum atomic E-state index is 0. The van der Waals surface area contributed by atoms with Gasteiger partial charge in [0.2, 0.25) is 0 Å². The Hall–Kier alpha value is 2.52. The van der Waals surface area contributed by atoms with Crippen molar-refractivity contribution in [3.63, 3.8) is 0 Å². The standard InChI is InChI=1S/Al.Ca.Mg.O/q+3;2*+2;-2. The molecule has 0 aliphatic heterocycles. The van der Waals surface area contributed by atoms with E-state index in [9.17, 15) is 0 Å². The molecule has 0 aliphatic carbocycles. The minimum atomic E-state index is 0. The van der Waals surface area contributed by atoms with Crippen LogP contribution in [-0.4, -0.2) is 78.2 Å². The molecule has 1 nitrogen and oxygen atoms in total. The predicted octanol–water partition coefficient (Wildman–Crippen LogP) is -1.26. The van der Waals surface area contributed by atoms with Gasteiger partial charge in [0.05, 0.1) is 0 Å². The second-order valence-electron chi connectivity index (χ2n) is 0. The summed E-state index contributed by atoms with van der Waals surface area (Å²) in [6.45, 7) is 0. The Kier molecular flexibility index (Phi) is 139. The average molecular weight is 107 g/mol. The van der Waals surface area contributed by atoms with Crippen molar-refractivity contribution in [2.45, 2.75) is 0 Å². The molecular weight excluding hydrogens is 107 g/mol. The third kappa shape index (κ3) is 8.82. The molecule has 4 heteroatoms. The van der Waals surface area contributed by atoms with Crippen molar-refractivity contribution >= 4 is 78.2 Å². The van der Waals surface area contributed by atoms with Crippen LogP contribution in [0.5, 0.6) is 0 Å². The van der Waals surface area contributed by atoms with Crippen LogP contribution in [-0.2, 0) is 5.48 Å². The molecule has 4 heavy (non-hydrogen) atoms. The summed E-state index contributed by atoms with van der Waals surface area (Å²) in [5.74, 6) is 0. The summed E-state index contributed by atoms with van der Waals surface area (Å²) in [6.07, 6.45) is 0. The average Bonchev–Trinajstić information content (AvgIpc) is 0. The van der Waals surface area contributed by atoms with Crippen molar-refractivity contribution in [1.82, 2.24) is 0 Å². The summed E-state index contributed by atoms with van der Waals surface area (Å²) in [5, 5.41) is 0. The zero-order valence-electron chi connectivity index (χ0n) is 2.40. The fourth-order valence-electron chi connectivity index (χ4n) is 0. The second kappa shape index (κ2) is 17.8. The van der Waals surface area contributed by atoms with Gasteiger partial charge in [0.25, 0.3) is 0 Å². The minimum absolute atomic E-state index is 0. The topological polar surface area (TPSA) is 28.5 Å². The summed E-state index contributed by atoms with van der Waals surface area (Å²) in [4.78, 5) is 0. The smallest absolute Gasteiger partial charge is 2.00 e. The van der Waals surface area contributed by atoms with Crippen LogP contribution in [0.25, 0.3) is 0 Å². The van der Waals surface area contributed by atoms with Gasteiger partial charge >= 0.3 is 78.2 Å². The van der Waals surface area contributed by atoms with E-state index in [-0.39, 0.29) is 83.6 Å². The van der Waals surface area contributed by atoms with Crippen LogP contribution in [0.2, 0.25) is 0 Å². The molecule has 0 amide bonds. The van der Waals surface area contributed by atoms with Gasteiger partial charge in [0, 0.05) is 0 Å². The molecular formula is AlCaMgO+5. The maximum absolute atomic E-state index is 0. The van der Waals surface area contributed by atoms with E-state index in [1.54, 1.807) is 0 Å². The van der Waals surface area contributed by atoms with E-state index in [0.717, 1.165) is 0 Å².